The van der Waals surface area contributed by atoms with Crippen LogP contribution in [0.15, 0.2) is 22.9 Å². The fourth-order valence-corrected chi connectivity index (χ4v) is 3.38. The number of hydrogen-bond donors (Lipinski definition) is 1. The van der Waals surface area contributed by atoms with Crippen molar-refractivity contribution in [2.24, 2.45) is 5.41 Å². The summed E-state index contributed by atoms with van der Waals surface area (Å²) in [6.45, 7) is 14.6. The second-order valence-corrected chi connectivity index (χ2v) is 8.48. The topological polar surface area (TPSA) is 28.2 Å². The molecular weight excluding hydrogens is 314 g/mol. The molecule has 1 fully saturated rings. The van der Waals surface area contributed by atoms with Crippen LogP contribution in [0.25, 0.3) is 0 Å². The fraction of sp³-hybridized carbons (Fsp3) is 0.688. The zero-order valence-electron chi connectivity index (χ0n) is 13.2. The van der Waals surface area contributed by atoms with E-state index in [4.69, 9.17) is 0 Å². The average Bonchev–Trinajstić information content (AvgIpc) is 2.25. The van der Waals surface area contributed by atoms with Gasteiger partial charge in [-0.15, -0.1) is 0 Å². The molecule has 20 heavy (non-hydrogen) atoms. The van der Waals surface area contributed by atoms with Crippen LogP contribution in [-0.2, 0) is 6.54 Å². The van der Waals surface area contributed by atoms with Gasteiger partial charge in [-0.2, -0.15) is 0 Å². The van der Waals surface area contributed by atoms with Crippen LogP contribution in [0.4, 0.5) is 0 Å². The van der Waals surface area contributed by atoms with Crippen molar-refractivity contribution < 1.29 is 0 Å². The molecule has 1 aliphatic rings. The molecule has 1 N–H and O–H groups in total. The molecule has 1 saturated heterocycles. The van der Waals surface area contributed by atoms with Crippen molar-refractivity contribution in [3.63, 3.8) is 0 Å². The van der Waals surface area contributed by atoms with Gasteiger partial charge in [-0.25, -0.2) is 0 Å². The van der Waals surface area contributed by atoms with Crippen LogP contribution in [-0.4, -0.2) is 34.6 Å². The van der Waals surface area contributed by atoms with E-state index in [-0.39, 0.29) is 11.0 Å². The molecule has 0 spiro atoms. The minimum absolute atomic E-state index is 0.168. The summed E-state index contributed by atoms with van der Waals surface area (Å²) >= 11 is 3.51. The first-order valence-corrected chi connectivity index (χ1v) is 8.05. The van der Waals surface area contributed by atoms with Gasteiger partial charge >= 0.3 is 0 Å². The largest absolute Gasteiger partial charge is 0.309 e. The lowest BCUT2D eigenvalue weighted by Gasteiger charge is -2.49. The maximum Gasteiger partial charge on any atom is 0.0410 e. The Labute approximate surface area is 131 Å². The summed E-state index contributed by atoms with van der Waals surface area (Å²) in [5.41, 5.74) is 1.70. The van der Waals surface area contributed by atoms with Crippen molar-refractivity contribution in [3.05, 3.63) is 28.5 Å². The van der Waals surface area contributed by atoms with Crippen LogP contribution in [0, 0.1) is 5.41 Å². The van der Waals surface area contributed by atoms with E-state index in [9.17, 15) is 0 Å². The van der Waals surface area contributed by atoms with Gasteiger partial charge in [0.05, 0.1) is 0 Å². The molecule has 0 amide bonds. The second-order valence-electron chi connectivity index (χ2n) is 7.56. The van der Waals surface area contributed by atoms with Gasteiger partial charge in [0.15, 0.2) is 0 Å². The van der Waals surface area contributed by atoms with E-state index in [1.165, 1.54) is 5.56 Å². The van der Waals surface area contributed by atoms with Crippen molar-refractivity contribution in [1.29, 1.82) is 0 Å². The first-order valence-electron chi connectivity index (χ1n) is 7.26. The van der Waals surface area contributed by atoms with Crippen molar-refractivity contribution in [3.8, 4) is 0 Å². The number of aromatic nitrogens is 1. The lowest BCUT2D eigenvalue weighted by atomic mass is 9.82. The Kier molecular flexibility index (Phi) is 4.57. The maximum absolute atomic E-state index is 4.28. The standard InChI is InChI=1S/C16H26BrN3/c1-15(2,3)14-9-19-16(4,5)11-20(14)10-12-6-13(17)8-18-7-12/h6-8,14,19H,9-11H2,1-5H3. The minimum Gasteiger partial charge on any atom is -0.309 e. The van der Waals surface area contributed by atoms with Crippen LogP contribution in [0.5, 0.6) is 0 Å². The molecule has 1 atom stereocenters. The van der Waals surface area contributed by atoms with E-state index >= 15 is 0 Å². The molecule has 0 aromatic carbocycles. The lowest BCUT2D eigenvalue weighted by Crippen LogP contribution is -2.64. The van der Waals surface area contributed by atoms with Gasteiger partial charge in [0.2, 0.25) is 0 Å². The molecule has 1 aliphatic heterocycles. The zero-order chi connectivity index (χ0) is 15.0. The van der Waals surface area contributed by atoms with Gasteiger partial charge in [-0.1, -0.05) is 20.8 Å². The summed E-state index contributed by atoms with van der Waals surface area (Å²) in [7, 11) is 0. The monoisotopic (exact) mass is 339 g/mol. The Hall–Kier alpha value is -0.450. The lowest BCUT2D eigenvalue weighted by molar-refractivity contribution is 0.0271. The summed E-state index contributed by atoms with van der Waals surface area (Å²) in [6.07, 6.45) is 3.81. The molecule has 2 rings (SSSR count). The molecule has 4 heteroatoms. The smallest absolute Gasteiger partial charge is 0.0410 e. The molecule has 3 nitrogen and oxygen atoms in total. The van der Waals surface area contributed by atoms with E-state index < -0.39 is 0 Å². The van der Waals surface area contributed by atoms with Gasteiger partial charge in [0.1, 0.15) is 0 Å². The maximum atomic E-state index is 4.28. The summed E-state index contributed by atoms with van der Waals surface area (Å²) in [5, 5.41) is 3.68. The Balaban J connectivity index is 2.19. The van der Waals surface area contributed by atoms with Crippen LogP contribution < -0.4 is 5.32 Å². The Morgan fingerprint density at radius 3 is 2.70 bits per heavy atom. The highest BCUT2D eigenvalue weighted by atomic mass is 79.9. The highest BCUT2D eigenvalue weighted by Gasteiger charge is 2.38. The molecule has 0 radical (unpaired) electrons. The molecule has 0 aliphatic carbocycles. The fourth-order valence-electron chi connectivity index (χ4n) is 2.97. The quantitative estimate of drug-likeness (QED) is 0.894. The Bertz CT molecular complexity index is 465. The van der Waals surface area contributed by atoms with Gasteiger partial charge in [0, 0.05) is 48.1 Å². The number of nitrogens with zero attached hydrogens (tertiary/aromatic N) is 2. The third-order valence-corrected chi connectivity index (χ3v) is 4.39. The number of nitrogens with one attached hydrogen (secondary N) is 1. The van der Waals surface area contributed by atoms with Gasteiger partial charge in [0.25, 0.3) is 0 Å². The number of halogens is 1. The molecule has 1 aromatic heterocycles. The van der Waals surface area contributed by atoms with E-state index in [1.807, 2.05) is 12.4 Å². The van der Waals surface area contributed by atoms with E-state index in [1.54, 1.807) is 0 Å². The summed E-state index contributed by atoms with van der Waals surface area (Å²) in [4.78, 5) is 6.88. The first-order chi connectivity index (χ1) is 9.17. The minimum atomic E-state index is 0.168. The zero-order valence-corrected chi connectivity index (χ0v) is 14.8. The van der Waals surface area contributed by atoms with Gasteiger partial charge in [-0.3, -0.25) is 9.88 Å². The van der Waals surface area contributed by atoms with Crippen molar-refractivity contribution in [2.75, 3.05) is 13.1 Å². The van der Waals surface area contributed by atoms with E-state index in [0.29, 0.717) is 6.04 Å². The van der Waals surface area contributed by atoms with Gasteiger partial charge in [-0.05, 0) is 46.8 Å². The predicted octanol–water partition coefficient (Wildman–Crippen LogP) is 3.44. The Morgan fingerprint density at radius 1 is 1.40 bits per heavy atom. The number of rotatable bonds is 2. The molecule has 0 bridgehead atoms. The molecule has 0 saturated carbocycles. The highest BCUT2D eigenvalue weighted by Crippen LogP contribution is 2.30. The summed E-state index contributed by atoms with van der Waals surface area (Å²) < 4.78 is 1.05. The van der Waals surface area contributed by atoms with Crippen LogP contribution in [0.2, 0.25) is 0 Å². The van der Waals surface area contributed by atoms with Crippen LogP contribution in [0.1, 0.15) is 40.2 Å². The summed E-state index contributed by atoms with van der Waals surface area (Å²) in [5.74, 6) is 0. The Morgan fingerprint density at radius 2 is 2.10 bits per heavy atom. The number of pyridine rings is 1. The van der Waals surface area contributed by atoms with E-state index in [0.717, 1.165) is 24.1 Å². The molecule has 1 unspecified atom stereocenters. The number of hydrogen-bond acceptors (Lipinski definition) is 3. The SMILES string of the molecule is CC1(C)CN(Cc2cncc(Br)c2)C(C(C)(C)C)CN1. The predicted molar refractivity (Wildman–Crippen MR) is 87.7 cm³/mol. The van der Waals surface area contributed by atoms with E-state index in [2.05, 4.69) is 71.8 Å². The molecule has 1 aromatic rings. The highest BCUT2D eigenvalue weighted by molar-refractivity contribution is 9.10. The van der Waals surface area contributed by atoms with Crippen molar-refractivity contribution in [1.82, 2.24) is 15.2 Å². The molecule has 2 heterocycles. The normalized spacial score (nSPS) is 23.8. The summed E-state index contributed by atoms with van der Waals surface area (Å²) in [6, 6.07) is 2.70. The van der Waals surface area contributed by atoms with Gasteiger partial charge < -0.3 is 5.32 Å². The third kappa shape index (κ3) is 4.03. The number of piperazine rings is 1. The van der Waals surface area contributed by atoms with Crippen molar-refractivity contribution >= 4 is 15.9 Å². The second kappa shape index (κ2) is 5.74. The molecule has 112 valence electrons. The molecular formula is C16H26BrN3. The average molecular weight is 340 g/mol. The first kappa shape index (κ1) is 15.9. The third-order valence-electron chi connectivity index (χ3n) is 3.96. The van der Waals surface area contributed by atoms with Crippen LogP contribution in [0.3, 0.4) is 0 Å². The van der Waals surface area contributed by atoms with Crippen molar-refractivity contribution in [2.45, 2.75) is 52.7 Å². The van der Waals surface area contributed by atoms with Crippen LogP contribution >= 0.6 is 15.9 Å².